The zero-order chi connectivity index (χ0) is 14.7. The van der Waals surface area contributed by atoms with Crippen LogP contribution in [0.4, 0.5) is 0 Å². The minimum Gasteiger partial charge on any atom is -0.391 e. The van der Waals surface area contributed by atoms with Gasteiger partial charge in [-0.05, 0) is 33.1 Å². The van der Waals surface area contributed by atoms with Crippen molar-refractivity contribution in [2.45, 2.75) is 64.5 Å². The summed E-state index contributed by atoms with van der Waals surface area (Å²) in [5, 5.41) is 16.9. The molecule has 1 saturated carbocycles. The lowest BCUT2D eigenvalue weighted by atomic mass is 10.1. The molecule has 112 valence electrons. The van der Waals surface area contributed by atoms with Gasteiger partial charge in [-0.2, -0.15) is 5.10 Å². The second-order valence-electron chi connectivity index (χ2n) is 5.91. The molecule has 2 N–H and O–H groups in total. The zero-order valence-electron chi connectivity index (χ0n) is 12.6. The molecule has 1 atom stereocenters. The number of amides is 1. The maximum atomic E-state index is 12.3. The molecule has 1 heterocycles. The highest BCUT2D eigenvalue weighted by Gasteiger charge is 2.32. The number of hydrogen-bond donors (Lipinski definition) is 2. The third kappa shape index (κ3) is 3.39. The highest BCUT2D eigenvalue weighted by Crippen LogP contribution is 2.42. The number of aromatic nitrogens is 2. The van der Waals surface area contributed by atoms with Gasteiger partial charge in [0.1, 0.15) is 0 Å². The minimum absolute atomic E-state index is 0.117. The van der Waals surface area contributed by atoms with Crippen molar-refractivity contribution in [3.8, 4) is 0 Å². The Bertz CT molecular complexity index is 464. The van der Waals surface area contributed by atoms with E-state index in [0.717, 1.165) is 25.0 Å². The number of carbonyl (C=O) groups excluding carboxylic acids is 1. The van der Waals surface area contributed by atoms with Gasteiger partial charge in [0.25, 0.3) is 5.91 Å². The number of nitrogens with one attached hydrogen (secondary N) is 1. The van der Waals surface area contributed by atoms with Gasteiger partial charge in [-0.15, -0.1) is 0 Å². The van der Waals surface area contributed by atoms with Crippen LogP contribution in [0.1, 0.15) is 74.5 Å². The molecule has 1 aliphatic rings. The lowest BCUT2D eigenvalue weighted by molar-refractivity contribution is 0.0909. The Morgan fingerprint density at radius 2 is 2.25 bits per heavy atom. The highest BCUT2D eigenvalue weighted by atomic mass is 16.3. The zero-order valence-corrected chi connectivity index (χ0v) is 12.6. The Labute approximate surface area is 120 Å². The van der Waals surface area contributed by atoms with Crippen LogP contribution in [0.25, 0.3) is 0 Å². The first kappa shape index (κ1) is 15.0. The molecule has 1 aromatic rings. The lowest BCUT2D eigenvalue weighted by Gasteiger charge is -2.13. The van der Waals surface area contributed by atoms with Gasteiger partial charge >= 0.3 is 0 Å². The van der Waals surface area contributed by atoms with E-state index in [1.807, 2.05) is 11.6 Å². The number of hydrogen-bond acceptors (Lipinski definition) is 3. The summed E-state index contributed by atoms with van der Waals surface area (Å²) in [5.74, 6) is 0.357. The summed E-state index contributed by atoms with van der Waals surface area (Å²) in [5.41, 5.74) is 1.73. The van der Waals surface area contributed by atoms with E-state index < -0.39 is 6.10 Å². The SMILES string of the molecule is CCCC(O)CNC(=O)c1cnn(C(C)C)c1C1CC1. The molecule has 1 amide bonds. The fourth-order valence-electron chi connectivity index (χ4n) is 2.46. The molecule has 20 heavy (non-hydrogen) atoms. The van der Waals surface area contributed by atoms with E-state index in [9.17, 15) is 9.90 Å². The van der Waals surface area contributed by atoms with Gasteiger partial charge in [-0.25, -0.2) is 0 Å². The Hall–Kier alpha value is -1.36. The van der Waals surface area contributed by atoms with Gasteiger partial charge in [0.05, 0.1) is 23.6 Å². The average molecular weight is 279 g/mol. The highest BCUT2D eigenvalue weighted by molar-refractivity contribution is 5.95. The molecule has 0 aromatic carbocycles. The molecule has 1 aliphatic carbocycles. The molecule has 0 radical (unpaired) electrons. The van der Waals surface area contributed by atoms with Crippen molar-refractivity contribution in [3.63, 3.8) is 0 Å². The van der Waals surface area contributed by atoms with Gasteiger partial charge in [0.15, 0.2) is 0 Å². The summed E-state index contributed by atoms with van der Waals surface area (Å²) in [6.45, 7) is 6.48. The number of nitrogens with zero attached hydrogens (tertiary/aromatic N) is 2. The Kier molecular flexibility index (Phi) is 4.81. The van der Waals surface area contributed by atoms with Crippen LogP contribution in [0.3, 0.4) is 0 Å². The summed E-state index contributed by atoms with van der Waals surface area (Å²) in [6, 6.07) is 0.262. The predicted molar refractivity (Wildman–Crippen MR) is 77.8 cm³/mol. The Morgan fingerprint density at radius 3 is 2.80 bits per heavy atom. The standard InChI is InChI=1S/C15H25N3O2/c1-4-5-12(19)8-16-15(20)13-9-17-18(10(2)3)14(13)11-6-7-11/h9-12,19H,4-8H2,1-3H3,(H,16,20). The van der Waals surface area contributed by atoms with Crippen LogP contribution in [-0.4, -0.2) is 33.4 Å². The molecule has 0 spiro atoms. The monoisotopic (exact) mass is 279 g/mol. The van der Waals surface area contributed by atoms with Crippen molar-refractivity contribution in [2.75, 3.05) is 6.54 Å². The van der Waals surface area contributed by atoms with Crippen molar-refractivity contribution in [1.29, 1.82) is 0 Å². The van der Waals surface area contributed by atoms with Crippen LogP contribution in [0.2, 0.25) is 0 Å². The van der Waals surface area contributed by atoms with Gasteiger partial charge < -0.3 is 10.4 Å². The molecule has 5 nitrogen and oxygen atoms in total. The number of aliphatic hydroxyl groups excluding tert-OH is 1. The second kappa shape index (κ2) is 6.39. The van der Waals surface area contributed by atoms with E-state index >= 15 is 0 Å². The fourth-order valence-corrected chi connectivity index (χ4v) is 2.46. The number of aliphatic hydroxyl groups is 1. The fraction of sp³-hybridized carbons (Fsp3) is 0.733. The van der Waals surface area contributed by atoms with E-state index in [2.05, 4.69) is 24.3 Å². The summed E-state index contributed by atoms with van der Waals surface area (Å²) in [6.07, 6.45) is 5.09. The number of carbonyl (C=O) groups is 1. The van der Waals surface area contributed by atoms with Crippen molar-refractivity contribution in [2.24, 2.45) is 0 Å². The van der Waals surface area contributed by atoms with Crippen LogP contribution < -0.4 is 5.32 Å². The molecule has 0 bridgehead atoms. The molecule has 1 fully saturated rings. The van der Waals surface area contributed by atoms with E-state index in [-0.39, 0.29) is 11.9 Å². The molecule has 1 unspecified atom stereocenters. The molecule has 2 rings (SSSR count). The Morgan fingerprint density at radius 1 is 1.55 bits per heavy atom. The van der Waals surface area contributed by atoms with Gasteiger partial charge in [-0.1, -0.05) is 13.3 Å². The normalized spacial score (nSPS) is 16.4. The molecular weight excluding hydrogens is 254 g/mol. The van der Waals surface area contributed by atoms with Crippen LogP contribution in [0, 0.1) is 0 Å². The first-order valence-electron chi connectivity index (χ1n) is 7.58. The Balaban J connectivity index is 2.06. The van der Waals surface area contributed by atoms with Crippen molar-refractivity contribution >= 4 is 5.91 Å². The lowest BCUT2D eigenvalue weighted by Crippen LogP contribution is -2.32. The quantitative estimate of drug-likeness (QED) is 0.804. The average Bonchev–Trinajstić information content (AvgIpc) is 3.14. The third-order valence-corrected chi connectivity index (χ3v) is 3.65. The molecule has 5 heteroatoms. The van der Waals surface area contributed by atoms with Crippen LogP contribution >= 0.6 is 0 Å². The van der Waals surface area contributed by atoms with Crippen LogP contribution in [0.5, 0.6) is 0 Å². The summed E-state index contributed by atoms with van der Waals surface area (Å²) in [4.78, 5) is 12.3. The van der Waals surface area contributed by atoms with Gasteiger partial charge in [0.2, 0.25) is 0 Å². The minimum atomic E-state index is -0.464. The second-order valence-corrected chi connectivity index (χ2v) is 5.91. The van der Waals surface area contributed by atoms with Crippen LogP contribution in [-0.2, 0) is 0 Å². The van der Waals surface area contributed by atoms with E-state index in [1.54, 1.807) is 6.20 Å². The first-order valence-corrected chi connectivity index (χ1v) is 7.58. The molecule has 0 aliphatic heterocycles. The van der Waals surface area contributed by atoms with Crippen molar-refractivity contribution < 1.29 is 9.90 Å². The van der Waals surface area contributed by atoms with Gasteiger partial charge in [0, 0.05) is 18.5 Å². The summed E-state index contributed by atoms with van der Waals surface area (Å²) < 4.78 is 1.95. The maximum Gasteiger partial charge on any atom is 0.254 e. The van der Waals surface area contributed by atoms with Crippen LogP contribution in [0.15, 0.2) is 6.20 Å². The molecule has 1 aromatic heterocycles. The van der Waals surface area contributed by atoms with Gasteiger partial charge in [-0.3, -0.25) is 9.48 Å². The first-order chi connectivity index (χ1) is 9.54. The predicted octanol–water partition coefficient (Wildman–Crippen LogP) is 2.23. The van der Waals surface area contributed by atoms with Crippen molar-refractivity contribution in [1.82, 2.24) is 15.1 Å². The van der Waals surface area contributed by atoms with E-state index in [1.165, 1.54) is 0 Å². The third-order valence-electron chi connectivity index (χ3n) is 3.65. The largest absolute Gasteiger partial charge is 0.391 e. The van der Waals surface area contributed by atoms with E-state index in [0.29, 0.717) is 24.4 Å². The topological polar surface area (TPSA) is 67.2 Å². The smallest absolute Gasteiger partial charge is 0.254 e. The summed E-state index contributed by atoms with van der Waals surface area (Å²) in [7, 11) is 0. The van der Waals surface area contributed by atoms with E-state index in [4.69, 9.17) is 0 Å². The number of rotatable bonds is 7. The molecular formula is C15H25N3O2. The summed E-state index contributed by atoms with van der Waals surface area (Å²) >= 11 is 0. The molecule has 0 saturated heterocycles. The van der Waals surface area contributed by atoms with Crippen molar-refractivity contribution in [3.05, 3.63) is 17.5 Å². The maximum absolute atomic E-state index is 12.3.